The van der Waals surface area contributed by atoms with Crippen molar-refractivity contribution in [1.29, 1.82) is 0 Å². The zero-order valence-corrected chi connectivity index (χ0v) is 16.2. The van der Waals surface area contributed by atoms with Gasteiger partial charge in [0.05, 0.1) is 27.6 Å². The third-order valence-electron chi connectivity index (χ3n) is 3.09. The molecule has 0 aromatic heterocycles. The highest BCUT2D eigenvalue weighted by molar-refractivity contribution is 9.10. The monoisotopic (exact) mass is 418 g/mol. The fourth-order valence-electron chi connectivity index (χ4n) is 1.81. The molecule has 0 heterocycles. The van der Waals surface area contributed by atoms with Crippen LogP contribution < -0.4 is 4.72 Å². The van der Waals surface area contributed by atoms with E-state index in [0.717, 1.165) is 0 Å². The zero-order chi connectivity index (χ0) is 18.7. The van der Waals surface area contributed by atoms with Gasteiger partial charge in [-0.25, -0.2) is 4.79 Å². The number of nitro groups is 1. The average Bonchev–Trinajstić information content (AvgIpc) is 2.49. The lowest BCUT2D eigenvalue weighted by molar-refractivity contribution is -0.386. The lowest BCUT2D eigenvalue weighted by Crippen LogP contribution is -2.42. The van der Waals surface area contributed by atoms with Crippen LogP contribution in [-0.4, -0.2) is 27.3 Å². The Balaban J connectivity index is 3.44. The van der Waals surface area contributed by atoms with Crippen LogP contribution in [0.2, 0.25) is 0 Å². The van der Waals surface area contributed by atoms with Gasteiger partial charge in [-0.15, -0.1) is 4.72 Å². The summed E-state index contributed by atoms with van der Waals surface area (Å²) >= 11 is 1.54. The van der Waals surface area contributed by atoms with Gasteiger partial charge >= 0.3 is 5.97 Å². The van der Waals surface area contributed by atoms with Gasteiger partial charge in [0.25, 0.3) is 5.69 Å². The first-order valence-corrected chi connectivity index (χ1v) is 8.83. The molecule has 1 rings (SSSR count). The van der Waals surface area contributed by atoms with Crippen molar-refractivity contribution >= 4 is 38.9 Å². The minimum atomic E-state index is -1.59. The number of halogens is 1. The first-order valence-electron chi connectivity index (χ1n) is 6.88. The number of nitrogens with one attached hydrogen (secondary N) is 1. The molecule has 0 saturated heterocycles. The maximum Gasteiger partial charge on any atom is 0.335 e. The molecule has 0 aliphatic carbocycles. The van der Waals surface area contributed by atoms with Crippen molar-refractivity contribution in [3.05, 3.63) is 50.5 Å². The summed E-state index contributed by atoms with van der Waals surface area (Å²) < 4.78 is 19.5. The van der Waals surface area contributed by atoms with Gasteiger partial charge in [-0.1, -0.05) is 12.6 Å². The topological polar surface area (TPSA) is 105 Å². The second-order valence-electron chi connectivity index (χ2n) is 5.88. The number of carbonyl (C=O) groups excluding carboxylic acids is 1. The number of nitrogens with zero attached hydrogens (tertiary/aromatic N) is 1. The molecule has 0 fully saturated rings. The molecule has 0 bridgehead atoms. The first kappa shape index (κ1) is 20.6. The van der Waals surface area contributed by atoms with Gasteiger partial charge in [-0.05, 0) is 48.8 Å². The summed E-state index contributed by atoms with van der Waals surface area (Å²) in [5.74, 6) is -0.743. The van der Waals surface area contributed by atoms with Crippen molar-refractivity contribution in [3.63, 3.8) is 0 Å². The lowest BCUT2D eigenvalue weighted by Gasteiger charge is -2.28. The molecule has 0 radical (unpaired) electrons. The maximum absolute atomic E-state index is 12.5. The van der Waals surface area contributed by atoms with E-state index in [0.29, 0.717) is 0 Å². The number of hydrogen-bond acceptors (Lipinski definition) is 6. The molecule has 24 heavy (non-hydrogen) atoms. The number of para-hydroxylation sites is 1. The van der Waals surface area contributed by atoms with Crippen LogP contribution in [0, 0.1) is 10.1 Å². The summed E-state index contributed by atoms with van der Waals surface area (Å²) in [4.78, 5) is 22.7. The molecular weight excluding hydrogens is 400 g/mol. The number of carbonyl (C=O) groups is 1. The highest BCUT2D eigenvalue weighted by atomic mass is 79.9. The molecule has 132 valence electrons. The molecular formula is C15H19BrN2O5S. The van der Waals surface area contributed by atoms with Crippen molar-refractivity contribution in [2.24, 2.45) is 0 Å². The van der Waals surface area contributed by atoms with Gasteiger partial charge in [0, 0.05) is 11.4 Å². The highest BCUT2D eigenvalue weighted by Gasteiger charge is 2.36. The van der Waals surface area contributed by atoms with Gasteiger partial charge in [-0.3, -0.25) is 10.1 Å². The number of hydrogen-bond donors (Lipinski definition) is 1. The number of esters is 1. The van der Waals surface area contributed by atoms with E-state index in [1.807, 2.05) is 0 Å². The van der Waals surface area contributed by atoms with Crippen LogP contribution in [0.15, 0.2) is 34.8 Å². The molecule has 0 aliphatic rings. The van der Waals surface area contributed by atoms with E-state index < -0.39 is 33.0 Å². The summed E-state index contributed by atoms with van der Waals surface area (Å²) in [7, 11) is 1.18. The van der Waals surface area contributed by atoms with Gasteiger partial charge in [0.1, 0.15) is 10.8 Å². The summed E-state index contributed by atoms with van der Waals surface area (Å²) in [5, 5.41) is 11.4. The molecule has 9 heteroatoms. The Morgan fingerprint density at radius 3 is 2.50 bits per heavy atom. The third-order valence-corrected chi connectivity index (χ3v) is 5.29. The van der Waals surface area contributed by atoms with Crippen molar-refractivity contribution in [2.45, 2.75) is 31.6 Å². The third kappa shape index (κ3) is 4.79. The second kappa shape index (κ2) is 8.11. The quantitative estimate of drug-likeness (QED) is 0.250. The number of methoxy groups -OCH3 is 1. The molecule has 0 aliphatic heterocycles. The van der Waals surface area contributed by atoms with Crippen molar-refractivity contribution in [3.8, 4) is 0 Å². The average molecular weight is 419 g/mol. The van der Waals surface area contributed by atoms with Crippen molar-refractivity contribution < 1.29 is 19.0 Å². The van der Waals surface area contributed by atoms with Crippen LogP contribution in [0.4, 0.5) is 5.69 Å². The molecule has 1 unspecified atom stereocenters. The summed E-state index contributed by atoms with van der Waals surface area (Å²) in [5.41, 5.74) is -0.135. The second-order valence-corrected chi connectivity index (χ2v) is 8.74. The number of nitro benzene ring substituents is 1. The van der Waals surface area contributed by atoms with Crippen LogP contribution >= 0.6 is 15.9 Å². The molecule has 1 aromatic carbocycles. The largest absolute Gasteiger partial charge is 0.598 e. The summed E-state index contributed by atoms with van der Waals surface area (Å²) in [6.07, 6.45) is 0. The van der Waals surface area contributed by atoms with E-state index in [9.17, 15) is 19.5 Å². The minimum absolute atomic E-state index is 0.0729. The Bertz CT molecular complexity index is 660. The van der Waals surface area contributed by atoms with Gasteiger partial charge in [0.15, 0.2) is 0 Å². The predicted molar refractivity (Wildman–Crippen MR) is 95.7 cm³/mol. The van der Waals surface area contributed by atoms with E-state index in [-0.39, 0.29) is 21.3 Å². The highest BCUT2D eigenvalue weighted by Crippen LogP contribution is 2.36. The van der Waals surface area contributed by atoms with E-state index in [4.69, 9.17) is 0 Å². The Morgan fingerprint density at radius 2 is 2.04 bits per heavy atom. The van der Waals surface area contributed by atoms with E-state index >= 15 is 0 Å². The normalized spacial score (nSPS) is 13.9. The molecule has 2 atom stereocenters. The van der Waals surface area contributed by atoms with Gasteiger partial charge < -0.3 is 9.29 Å². The standard InChI is InChI=1S/C15H19BrN2O5S/c1-9(14(19)23-5)12(17-24(22)15(2,3)4)10-7-6-8-11(16)13(10)18(20)21/h6-8,12,17H,1H2,2-5H3/t12?,24-/m0/s1. The minimum Gasteiger partial charge on any atom is -0.598 e. The number of benzene rings is 1. The number of ether oxygens (including phenoxy) is 1. The van der Waals surface area contributed by atoms with Crippen molar-refractivity contribution in [2.75, 3.05) is 7.11 Å². The maximum atomic E-state index is 12.5. The van der Waals surface area contributed by atoms with E-state index in [1.165, 1.54) is 19.2 Å². The molecule has 1 N–H and O–H groups in total. The lowest BCUT2D eigenvalue weighted by atomic mass is 9.99. The fraction of sp³-hybridized carbons (Fsp3) is 0.400. The molecule has 7 nitrogen and oxygen atoms in total. The van der Waals surface area contributed by atoms with Crippen LogP contribution in [0.25, 0.3) is 0 Å². The fourth-order valence-corrected chi connectivity index (χ4v) is 3.18. The summed E-state index contributed by atoms with van der Waals surface area (Å²) in [6.45, 7) is 8.88. The van der Waals surface area contributed by atoms with Gasteiger partial charge in [0.2, 0.25) is 0 Å². The Hall–Kier alpha value is -1.42. The van der Waals surface area contributed by atoms with Crippen molar-refractivity contribution in [1.82, 2.24) is 4.72 Å². The molecule has 1 aromatic rings. The predicted octanol–water partition coefficient (Wildman–Crippen LogP) is 3.18. The van der Waals surface area contributed by atoms with Crippen LogP contribution in [0.5, 0.6) is 0 Å². The van der Waals surface area contributed by atoms with Crippen LogP contribution in [0.1, 0.15) is 32.4 Å². The van der Waals surface area contributed by atoms with Crippen LogP contribution in [-0.2, 0) is 20.9 Å². The Morgan fingerprint density at radius 1 is 1.46 bits per heavy atom. The molecule has 0 amide bonds. The van der Waals surface area contributed by atoms with Gasteiger partial charge in [-0.2, -0.15) is 0 Å². The summed E-state index contributed by atoms with van der Waals surface area (Å²) in [6, 6.07) is 3.55. The Kier molecular flexibility index (Phi) is 6.97. The van der Waals surface area contributed by atoms with E-state index in [1.54, 1.807) is 26.8 Å². The molecule has 0 spiro atoms. The van der Waals surface area contributed by atoms with E-state index in [2.05, 4.69) is 32.0 Å². The Labute approximate surface area is 152 Å². The SMILES string of the molecule is C=C(C(=O)OC)C(N[S@@+]([O-])C(C)(C)C)c1cccc(Br)c1[N+](=O)[O-]. The number of rotatable bonds is 6. The first-order chi connectivity index (χ1) is 11.0. The zero-order valence-electron chi connectivity index (χ0n) is 13.8. The molecule has 0 saturated carbocycles. The van der Waals surface area contributed by atoms with Crippen LogP contribution in [0.3, 0.4) is 0 Å². The smallest absolute Gasteiger partial charge is 0.335 e.